The number of amides is 1. The highest BCUT2D eigenvalue weighted by Gasteiger charge is 2.13. The number of benzene rings is 3. The molecule has 4 aromatic rings. The van der Waals surface area contributed by atoms with Gasteiger partial charge in [0.15, 0.2) is 0 Å². The third-order valence-electron chi connectivity index (χ3n) is 4.42. The van der Waals surface area contributed by atoms with Gasteiger partial charge in [-0.2, -0.15) is 0 Å². The van der Waals surface area contributed by atoms with E-state index in [1.807, 2.05) is 60.7 Å². The van der Waals surface area contributed by atoms with Crippen molar-refractivity contribution in [2.75, 3.05) is 5.32 Å². The van der Waals surface area contributed by atoms with E-state index in [1.165, 1.54) is 16.9 Å². The number of aromatic nitrogens is 1. The molecule has 4 nitrogen and oxygen atoms in total. The van der Waals surface area contributed by atoms with Gasteiger partial charge in [0.1, 0.15) is 0 Å². The van der Waals surface area contributed by atoms with E-state index < -0.39 is 0 Å². The van der Waals surface area contributed by atoms with Crippen molar-refractivity contribution in [3.8, 4) is 0 Å². The fraction of sp³-hybridized carbons (Fsp3) is 0.0909. The Hall–Kier alpha value is -2.83. The first-order valence-corrected chi connectivity index (χ1v) is 10.6. The molecule has 0 aliphatic heterocycles. The summed E-state index contributed by atoms with van der Waals surface area (Å²) in [5.74, 6) is 0.647. The van der Waals surface area contributed by atoms with Crippen molar-refractivity contribution in [3.05, 3.63) is 93.6 Å². The van der Waals surface area contributed by atoms with Crippen LogP contribution in [0.5, 0.6) is 0 Å². The molecular weight excluding hydrogens is 388 g/mol. The summed E-state index contributed by atoms with van der Waals surface area (Å²) in [5.41, 5.74) is 3.41. The quantitative estimate of drug-likeness (QED) is 0.467. The van der Waals surface area contributed by atoms with E-state index in [0.717, 1.165) is 20.9 Å². The van der Waals surface area contributed by atoms with Gasteiger partial charge in [0.25, 0.3) is 5.91 Å². The summed E-state index contributed by atoms with van der Waals surface area (Å²) in [4.78, 5) is 25.6. The largest absolute Gasteiger partial charge is 0.322 e. The van der Waals surface area contributed by atoms with Gasteiger partial charge >= 0.3 is 4.87 Å². The molecule has 3 aromatic carbocycles. The van der Waals surface area contributed by atoms with Crippen molar-refractivity contribution in [2.24, 2.45) is 7.05 Å². The first-order valence-electron chi connectivity index (χ1n) is 8.78. The minimum Gasteiger partial charge on any atom is -0.322 e. The summed E-state index contributed by atoms with van der Waals surface area (Å²) in [6.45, 7) is 0. The molecule has 0 bridgehead atoms. The fourth-order valence-electron chi connectivity index (χ4n) is 2.93. The number of nitrogens with zero attached hydrogens (tertiary/aromatic N) is 1. The first kappa shape index (κ1) is 18.5. The molecule has 140 valence electrons. The number of carbonyl (C=O) groups is 1. The molecule has 6 heteroatoms. The SMILES string of the molecule is Cn1c(=O)sc2cc(NC(=O)c3ccccc3SCc3ccccc3)ccc21. The minimum absolute atomic E-state index is 0.0128. The molecule has 0 aliphatic rings. The molecular formula is C22H18N2O2S2. The number of fused-ring (bicyclic) bond motifs is 1. The summed E-state index contributed by atoms with van der Waals surface area (Å²) in [5, 5.41) is 2.96. The van der Waals surface area contributed by atoms with Gasteiger partial charge in [0.2, 0.25) is 0 Å². The topological polar surface area (TPSA) is 51.1 Å². The standard InChI is InChI=1S/C22H18N2O2S2/c1-24-18-12-11-16(13-20(18)28-22(24)26)23-21(25)17-9-5-6-10-19(17)27-14-15-7-3-2-4-8-15/h2-13H,14H2,1H3,(H,23,25). The number of hydrogen-bond acceptors (Lipinski definition) is 4. The van der Waals surface area contributed by atoms with Gasteiger partial charge in [-0.1, -0.05) is 53.8 Å². The second-order valence-electron chi connectivity index (χ2n) is 6.33. The van der Waals surface area contributed by atoms with Gasteiger partial charge in [-0.15, -0.1) is 11.8 Å². The molecule has 1 N–H and O–H groups in total. The van der Waals surface area contributed by atoms with Crippen LogP contribution in [0.1, 0.15) is 15.9 Å². The van der Waals surface area contributed by atoms with Crippen LogP contribution in [0, 0.1) is 0 Å². The Labute approximate surface area is 170 Å². The van der Waals surface area contributed by atoms with E-state index in [1.54, 1.807) is 23.4 Å². The van der Waals surface area contributed by atoms with Crippen LogP contribution in [0.3, 0.4) is 0 Å². The van der Waals surface area contributed by atoms with Crippen LogP contribution >= 0.6 is 23.1 Å². The van der Waals surface area contributed by atoms with Gasteiger partial charge in [0.05, 0.1) is 15.8 Å². The van der Waals surface area contributed by atoms with Crippen LogP contribution in [0.15, 0.2) is 82.5 Å². The highest BCUT2D eigenvalue weighted by atomic mass is 32.2. The van der Waals surface area contributed by atoms with E-state index in [2.05, 4.69) is 17.4 Å². The molecule has 0 saturated heterocycles. The van der Waals surface area contributed by atoms with Crippen LogP contribution in [0.4, 0.5) is 5.69 Å². The zero-order valence-corrected chi connectivity index (χ0v) is 16.8. The maximum atomic E-state index is 12.9. The lowest BCUT2D eigenvalue weighted by Gasteiger charge is -2.10. The normalized spacial score (nSPS) is 10.9. The number of aryl methyl sites for hydroxylation is 1. The number of thioether (sulfide) groups is 1. The molecule has 0 unspecified atom stereocenters. The van der Waals surface area contributed by atoms with Crippen molar-refractivity contribution in [1.82, 2.24) is 4.57 Å². The van der Waals surface area contributed by atoms with Crippen LogP contribution in [-0.4, -0.2) is 10.5 Å². The van der Waals surface area contributed by atoms with Crippen molar-refractivity contribution in [3.63, 3.8) is 0 Å². The summed E-state index contributed by atoms with van der Waals surface area (Å²) >= 11 is 2.82. The highest BCUT2D eigenvalue weighted by Crippen LogP contribution is 2.27. The molecule has 1 amide bonds. The van der Waals surface area contributed by atoms with Crippen molar-refractivity contribution in [1.29, 1.82) is 0 Å². The van der Waals surface area contributed by atoms with Crippen molar-refractivity contribution in [2.45, 2.75) is 10.6 Å². The van der Waals surface area contributed by atoms with E-state index in [-0.39, 0.29) is 10.8 Å². The van der Waals surface area contributed by atoms with Gasteiger partial charge in [-0.25, -0.2) is 0 Å². The summed E-state index contributed by atoms with van der Waals surface area (Å²) < 4.78 is 2.47. The predicted octanol–water partition coefficient (Wildman–Crippen LogP) is 5.14. The van der Waals surface area contributed by atoms with E-state index >= 15 is 0 Å². The number of hydrogen-bond donors (Lipinski definition) is 1. The number of anilines is 1. The maximum absolute atomic E-state index is 12.9. The lowest BCUT2D eigenvalue weighted by atomic mass is 10.2. The Bertz CT molecular complexity index is 1200. The minimum atomic E-state index is -0.154. The number of carbonyl (C=O) groups excluding carboxylic acids is 1. The average Bonchev–Trinajstić information content (AvgIpc) is 3.00. The van der Waals surface area contributed by atoms with Crippen molar-refractivity contribution >= 4 is 44.9 Å². The van der Waals surface area contributed by atoms with Gasteiger partial charge in [-0.05, 0) is 35.9 Å². The lowest BCUT2D eigenvalue weighted by Crippen LogP contribution is -2.13. The summed E-state index contributed by atoms with van der Waals surface area (Å²) in [6, 6.07) is 23.3. The number of rotatable bonds is 5. The van der Waals surface area contributed by atoms with Crippen LogP contribution in [-0.2, 0) is 12.8 Å². The Morgan fingerprint density at radius 1 is 1.04 bits per heavy atom. The third kappa shape index (κ3) is 3.88. The van der Waals surface area contributed by atoms with E-state index in [4.69, 9.17) is 0 Å². The highest BCUT2D eigenvalue weighted by molar-refractivity contribution is 7.98. The predicted molar refractivity (Wildman–Crippen MR) is 117 cm³/mol. The second kappa shape index (κ2) is 8.04. The Balaban J connectivity index is 1.54. The molecule has 1 aromatic heterocycles. The van der Waals surface area contributed by atoms with Gasteiger partial charge in [-0.3, -0.25) is 9.59 Å². The van der Waals surface area contributed by atoms with E-state index in [0.29, 0.717) is 11.3 Å². The summed E-state index contributed by atoms with van der Waals surface area (Å²) in [7, 11) is 1.75. The smallest absolute Gasteiger partial charge is 0.307 e. The molecule has 0 spiro atoms. The van der Waals surface area contributed by atoms with Gasteiger partial charge in [0, 0.05) is 23.4 Å². The average molecular weight is 407 g/mol. The molecule has 1 heterocycles. The fourth-order valence-corrected chi connectivity index (χ4v) is 4.85. The van der Waals surface area contributed by atoms with E-state index in [9.17, 15) is 9.59 Å². The molecule has 28 heavy (non-hydrogen) atoms. The Morgan fingerprint density at radius 3 is 2.61 bits per heavy atom. The van der Waals surface area contributed by atoms with Crippen molar-refractivity contribution < 1.29 is 4.79 Å². The number of thiazole rings is 1. The first-order chi connectivity index (χ1) is 13.6. The van der Waals surface area contributed by atoms with Crippen LogP contribution < -0.4 is 10.2 Å². The molecule has 0 radical (unpaired) electrons. The Kier molecular flexibility index (Phi) is 5.32. The molecule has 0 atom stereocenters. The second-order valence-corrected chi connectivity index (χ2v) is 8.34. The number of nitrogens with one attached hydrogen (secondary N) is 1. The molecule has 0 saturated carbocycles. The monoisotopic (exact) mass is 406 g/mol. The molecule has 0 aliphatic carbocycles. The molecule has 4 rings (SSSR count). The lowest BCUT2D eigenvalue weighted by molar-refractivity contribution is 0.102. The molecule has 0 fully saturated rings. The van der Waals surface area contributed by atoms with Crippen LogP contribution in [0.25, 0.3) is 10.2 Å². The zero-order chi connectivity index (χ0) is 19.5. The maximum Gasteiger partial charge on any atom is 0.307 e. The van der Waals surface area contributed by atoms with Gasteiger partial charge < -0.3 is 9.88 Å². The van der Waals surface area contributed by atoms with Crippen LogP contribution in [0.2, 0.25) is 0 Å². The third-order valence-corrected chi connectivity index (χ3v) is 6.56. The zero-order valence-electron chi connectivity index (χ0n) is 15.2. The summed E-state index contributed by atoms with van der Waals surface area (Å²) in [6.07, 6.45) is 0. The Morgan fingerprint density at radius 2 is 1.79 bits per heavy atom.